The van der Waals surface area contributed by atoms with Crippen LogP contribution in [0.4, 0.5) is 5.69 Å². The number of rotatable bonds is 6. The van der Waals surface area contributed by atoms with Crippen LogP contribution in [0.5, 0.6) is 0 Å². The van der Waals surface area contributed by atoms with Gasteiger partial charge in [0.15, 0.2) is 5.82 Å². The summed E-state index contributed by atoms with van der Waals surface area (Å²) in [6.07, 6.45) is 0. The van der Waals surface area contributed by atoms with Gasteiger partial charge in [-0.2, -0.15) is 0 Å². The SMILES string of the molecule is CCOCC(C(C)C)n1nnnc1-c1cc(N)cc(Cl)c1. The van der Waals surface area contributed by atoms with Gasteiger partial charge in [-0.1, -0.05) is 25.4 Å². The van der Waals surface area contributed by atoms with Crippen molar-refractivity contribution in [3.8, 4) is 11.4 Å². The molecule has 0 aliphatic carbocycles. The highest BCUT2D eigenvalue weighted by Gasteiger charge is 2.22. The summed E-state index contributed by atoms with van der Waals surface area (Å²) in [6, 6.07) is 5.36. The van der Waals surface area contributed by atoms with Crippen LogP contribution in [0, 0.1) is 5.92 Å². The van der Waals surface area contributed by atoms with Crippen LogP contribution in [-0.4, -0.2) is 33.4 Å². The van der Waals surface area contributed by atoms with Crippen molar-refractivity contribution in [3.63, 3.8) is 0 Å². The number of nitrogens with zero attached hydrogens (tertiary/aromatic N) is 4. The van der Waals surface area contributed by atoms with Crippen molar-refractivity contribution >= 4 is 17.3 Å². The van der Waals surface area contributed by atoms with Crippen LogP contribution >= 0.6 is 11.6 Å². The van der Waals surface area contributed by atoms with Crippen LogP contribution < -0.4 is 5.73 Å². The Morgan fingerprint density at radius 1 is 1.33 bits per heavy atom. The zero-order valence-corrected chi connectivity index (χ0v) is 13.2. The van der Waals surface area contributed by atoms with E-state index in [0.29, 0.717) is 35.7 Å². The van der Waals surface area contributed by atoms with E-state index in [4.69, 9.17) is 22.1 Å². The molecule has 2 rings (SSSR count). The van der Waals surface area contributed by atoms with Crippen molar-refractivity contribution in [2.75, 3.05) is 18.9 Å². The first-order chi connectivity index (χ1) is 10.0. The van der Waals surface area contributed by atoms with E-state index < -0.39 is 0 Å². The normalized spacial score (nSPS) is 12.8. The molecule has 21 heavy (non-hydrogen) atoms. The molecule has 1 unspecified atom stereocenters. The molecule has 0 radical (unpaired) electrons. The number of nitrogens with two attached hydrogens (primary N) is 1. The number of hydrogen-bond acceptors (Lipinski definition) is 5. The Hall–Kier alpha value is -1.66. The number of tetrazole rings is 1. The fourth-order valence-electron chi connectivity index (χ4n) is 2.13. The highest BCUT2D eigenvalue weighted by atomic mass is 35.5. The minimum Gasteiger partial charge on any atom is -0.399 e. The number of aromatic nitrogens is 4. The third-order valence-electron chi connectivity index (χ3n) is 3.25. The average Bonchev–Trinajstić information content (AvgIpc) is 2.87. The third kappa shape index (κ3) is 3.71. The summed E-state index contributed by atoms with van der Waals surface area (Å²) in [7, 11) is 0. The molecule has 114 valence electrons. The van der Waals surface area contributed by atoms with Crippen molar-refractivity contribution < 1.29 is 4.74 Å². The molecule has 1 aromatic heterocycles. The molecule has 1 heterocycles. The van der Waals surface area contributed by atoms with Crippen molar-refractivity contribution in [3.05, 3.63) is 23.2 Å². The van der Waals surface area contributed by atoms with Gasteiger partial charge < -0.3 is 10.5 Å². The Morgan fingerprint density at radius 2 is 2.10 bits per heavy atom. The Morgan fingerprint density at radius 3 is 2.71 bits per heavy atom. The molecular weight excluding hydrogens is 290 g/mol. The Kier molecular flexibility index (Phi) is 5.14. The Balaban J connectivity index is 2.40. The van der Waals surface area contributed by atoms with Crippen LogP contribution in [0.15, 0.2) is 18.2 Å². The van der Waals surface area contributed by atoms with E-state index in [1.807, 2.05) is 13.0 Å². The molecule has 2 N–H and O–H groups in total. The van der Waals surface area contributed by atoms with Gasteiger partial charge in [0.2, 0.25) is 0 Å². The molecule has 0 aliphatic heterocycles. The lowest BCUT2D eigenvalue weighted by atomic mass is 10.0. The Bertz CT molecular complexity index is 579. The second-order valence-corrected chi connectivity index (χ2v) is 5.63. The molecule has 0 saturated carbocycles. The lowest BCUT2D eigenvalue weighted by molar-refractivity contribution is 0.0913. The summed E-state index contributed by atoms with van der Waals surface area (Å²) in [5, 5.41) is 12.6. The van der Waals surface area contributed by atoms with Gasteiger partial charge in [0.25, 0.3) is 0 Å². The van der Waals surface area contributed by atoms with Gasteiger partial charge in [-0.25, -0.2) is 4.68 Å². The van der Waals surface area contributed by atoms with Crippen LogP contribution in [0.2, 0.25) is 5.02 Å². The Labute approximate surface area is 129 Å². The van der Waals surface area contributed by atoms with Gasteiger partial charge in [0, 0.05) is 22.9 Å². The highest BCUT2D eigenvalue weighted by molar-refractivity contribution is 6.31. The number of ether oxygens (including phenoxy) is 1. The smallest absolute Gasteiger partial charge is 0.182 e. The van der Waals surface area contributed by atoms with Gasteiger partial charge in [-0.3, -0.25) is 0 Å². The molecule has 0 saturated heterocycles. The molecular formula is C14H20ClN5O. The molecule has 1 atom stereocenters. The van der Waals surface area contributed by atoms with Gasteiger partial charge >= 0.3 is 0 Å². The van der Waals surface area contributed by atoms with Crippen molar-refractivity contribution in [1.82, 2.24) is 20.2 Å². The monoisotopic (exact) mass is 309 g/mol. The van der Waals surface area contributed by atoms with Gasteiger partial charge in [-0.05, 0) is 41.5 Å². The van der Waals surface area contributed by atoms with E-state index in [1.165, 1.54) is 0 Å². The van der Waals surface area contributed by atoms with Crippen molar-refractivity contribution in [1.29, 1.82) is 0 Å². The van der Waals surface area contributed by atoms with E-state index >= 15 is 0 Å². The highest BCUT2D eigenvalue weighted by Crippen LogP contribution is 2.27. The first-order valence-electron chi connectivity index (χ1n) is 6.95. The van der Waals surface area contributed by atoms with E-state index in [-0.39, 0.29) is 6.04 Å². The molecule has 2 aromatic rings. The molecule has 0 aliphatic rings. The van der Waals surface area contributed by atoms with E-state index in [2.05, 4.69) is 29.4 Å². The fraction of sp³-hybridized carbons (Fsp3) is 0.500. The standard InChI is InChI=1S/C14H20ClN5O/c1-4-21-8-13(9(2)3)20-14(17-18-19-20)10-5-11(15)7-12(16)6-10/h5-7,9,13H,4,8,16H2,1-3H3. The number of benzene rings is 1. The summed E-state index contributed by atoms with van der Waals surface area (Å²) in [5.74, 6) is 0.970. The predicted octanol–water partition coefficient (Wildman–Crippen LogP) is 2.81. The van der Waals surface area contributed by atoms with Gasteiger partial charge in [0.1, 0.15) is 0 Å². The molecule has 0 bridgehead atoms. The van der Waals surface area contributed by atoms with Crippen molar-refractivity contribution in [2.24, 2.45) is 5.92 Å². The summed E-state index contributed by atoms with van der Waals surface area (Å²) in [6.45, 7) is 7.41. The first kappa shape index (κ1) is 15.7. The zero-order valence-electron chi connectivity index (χ0n) is 12.5. The molecule has 6 nitrogen and oxygen atoms in total. The maximum atomic E-state index is 6.06. The fourth-order valence-corrected chi connectivity index (χ4v) is 2.38. The number of hydrogen-bond donors (Lipinski definition) is 1. The summed E-state index contributed by atoms with van der Waals surface area (Å²) < 4.78 is 7.34. The number of nitrogen functional groups attached to an aromatic ring is 1. The maximum absolute atomic E-state index is 6.06. The van der Waals surface area contributed by atoms with E-state index in [1.54, 1.807) is 16.8 Å². The van der Waals surface area contributed by atoms with Crippen LogP contribution in [0.1, 0.15) is 26.8 Å². The van der Waals surface area contributed by atoms with Gasteiger partial charge in [-0.15, -0.1) is 5.10 Å². The minimum atomic E-state index is 0.0511. The summed E-state index contributed by atoms with van der Waals surface area (Å²) in [5.41, 5.74) is 7.22. The molecule has 0 fully saturated rings. The molecule has 7 heteroatoms. The number of anilines is 1. The molecule has 1 aromatic carbocycles. The lowest BCUT2D eigenvalue weighted by Crippen LogP contribution is -2.23. The van der Waals surface area contributed by atoms with Gasteiger partial charge in [0.05, 0.1) is 12.6 Å². The van der Waals surface area contributed by atoms with E-state index in [9.17, 15) is 0 Å². The summed E-state index contributed by atoms with van der Waals surface area (Å²) in [4.78, 5) is 0. The molecule has 0 spiro atoms. The lowest BCUT2D eigenvalue weighted by Gasteiger charge is -2.21. The second-order valence-electron chi connectivity index (χ2n) is 5.19. The minimum absolute atomic E-state index is 0.0511. The maximum Gasteiger partial charge on any atom is 0.182 e. The molecule has 0 amide bonds. The second kappa shape index (κ2) is 6.87. The first-order valence-corrected chi connectivity index (χ1v) is 7.32. The quantitative estimate of drug-likeness (QED) is 0.830. The zero-order chi connectivity index (χ0) is 15.4. The average molecular weight is 310 g/mol. The largest absolute Gasteiger partial charge is 0.399 e. The van der Waals surface area contributed by atoms with Crippen LogP contribution in [0.3, 0.4) is 0 Å². The number of halogens is 1. The van der Waals surface area contributed by atoms with Crippen molar-refractivity contribution in [2.45, 2.75) is 26.8 Å². The van der Waals surface area contributed by atoms with E-state index in [0.717, 1.165) is 5.56 Å². The van der Waals surface area contributed by atoms with Crippen LogP contribution in [-0.2, 0) is 4.74 Å². The van der Waals surface area contributed by atoms with Crippen LogP contribution in [0.25, 0.3) is 11.4 Å². The third-order valence-corrected chi connectivity index (χ3v) is 3.47. The summed E-state index contributed by atoms with van der Waals surface area (Å²) >= 11 is 6.06. The predicted molar refractivity (Wildman–Crippen MR) is 83.0 cm³/mol. The topological polar surface area (TPSA) is 78.8 Å².